The smallest absolute Gasteiger partial charge is 0.256 e. The van der Waals surface area contributed by atoms with E-state index in [1.807, 2.05) is 13.0 Å². The van der Waals surface area contributed by atoms with Crippen LogP contribution in [-0.2, 0) is 0 Å². The lowest BCUT2D eigenvalue weighted by Gasteiger charge is -2.09. The van der Waals surface area contributed by atoms with Gasteiger partial charge in [-0.1, -0.05) is 11.6 Å². The Morgan fingerprint density at radius 3 is 2.68 bits per heavy atom. The summed E-state index contributed by atoms with van der Waals surface area (Å²) in [6.07, 6.45) is 0. The first-order valence-electron chi connectivity index (χ1n) is 5.60. The maximum Gasteiger partial charge on any atom is 0.256 e. The molecule has 2 rings (SSSR count). The molecule has 0 aromatic heterocycles. The third kappa shape index (κ3) is 3.28. The summed E-state index contributed by atoms with van der Waals surface area (Å²) in [6.45, 7) is 1.89. The van der Waals surface area contributed by atoms with E-state index in [2.05, 4.69) is 21.2 Å². The molecule has 0 spiro atoms. The van der Waals surface area contributed by atoms with Gasteiger partial charge in [0.25, 0.3) is 5.91 Å². The van der Waals surface area contributed by atoms with Crippen LogP contribution in [0.15, 0.2) is 40.9 Å². The van der Waals surface area contributed by atoms with Crippen LogP contribution in [0.5, 0.6) is 0 Å². The second-order valence-corrected chi connectivity index (χ2v) is 5.44. The zero-order valence-corrected chi connectivity index (χ0v) is 12.5. The van der Waals surface area contributed by atoms with Crippen molar-refractivity contribution < 1.29 is 4.79 Å². The van der Waals surface area contributed by atoms with Crippen LogP contribution in [0.3, 0.4) is 0 Å². The van der Waals surface area contributed by atoms with Crippen LogP contribution < -0.4 is 11.1 Å². The van der Waals surface area contributed by atoms with Crippen LogP contribution in [0.1, 0.15) is 15.9 Å². The van der Waals surface area contributed by atoms with Crippen molar-refractivity contribution in [3.8, 4) is 0 Å². The van der Waals surface area contributed by atoms with Crippen LogP contribution >= 0.6 is 27.5 Å². The average Bonchev–Trinajstić information content (AvgIpc) is 2.36. The van der Waals surface area contributed by atoms with Gasteiger partial charge in [-0.2, -0.15) is 0 Å². The molecule has 0 saturated heterocycles. The fraction of sp³-hybridized carbons (Fsp3) is 0.0714. The monoisotopic (exact) mass is 338 g/mol. The Labute approximate surface area is 124 Å². The van der Waals surface area contributed by atoms with E-state index in [4.69, 9.17) is 17.3 Å². The predicted octanol–water partition coefficient (Wildman–Crippen LogP) is 4.25. The number of anilines is 2. The Morgan fingerprint density at radius 1 is 1.26 bits per heavy atom. The van der Waals surface area contributed by atoms with Crippen molar-refractivity contribution in [1.29, 1.82) is 0 Å². The second kappa shape index (κ2) is 5.63. The zero-order valence-electron chi connectivity index (χ0n) is 10.2. The standard InChI is InChI=1S/C14H12BrClN2O/c1-8-6-10(3-5-13(8)17)18-14(19)11-7-9(16)2-4-12(11)15/h2-7H,17H2,1H3,(H,18,19). The van der Waals surface area contributed by atoms with E-state index in [0.29, 0.717) is 26.4 Å². The van der Waals surface area contributed by atoms with E-state index < -0.39 is 0 Å². The molecule has 0 aliphatic heterocycles. The predicted molar refractivity (Wildman–Crippen MR) is 82.7 cm³/mol. The molecule has 3 N–H and O–H groups in total. The fourth-order valence-corrected chi connectivity index (χ4v) is 2.22. The highest BCUT2D eigenvalue weighted by atomic mass is 79.9. The summed E-state index contributed by atoms with van der Waals surface area (Å²) in [7, 11) is 0. The number of benzene rings is 2. The van der Waals surface area contributed by atoms with Crippen LogP contribution in [0.4, 0.5) is 11.4 Å². The van der Waals surface area contributed by atoms with E-state index in [9.17, 15) is 4.79 Å². The lowest BCUT2D eigenvalue weighted by atomic mass is 10.1. The SMILES string of the molecule is Cc1cc(NC(=O)c2cc(Cl)ccc2Br)ccc1N. The number of nitrogen functional groups attached to an aromatic ring is 1. The van der Waals surface area contributed by atoms with Gasteiger partial charge in [0.1, 0.15) is 0 Å². The number of nitrogens with two attached hydrogens (primary N) is 1. The minimum Gasteiger partial charge on any atom is -0.399 e. The molecule has 0 saturated carbocycles. The quantitative estimate of drug-likeness (QED) is 0.804. The molecule has 0 atom stereocenters. The van der Waals surface area contributed by atoms with Crippen molar-refractivity contribution in [2.75, 3.05) is 11.1 Å². The largest absolute Gasteiger partial charge is 0.399 e. The minimum absolute atomic E-state index is 0.224. The Balaban J connectivity index is 2.25. The summed E-state index contributed by atoms with van der Waals surface area (Å²) < 4.78 is 0.696. The summed E-state index contributed by atoms with van der Waals surface area (Å²) in [6, 6.07) is 10.4. The number of hydrogen-bond acceptors (Lipinski definition) is 2. The molecule has 0 fully saturated rings. The van der Waals surface area contributed by atoms with E-state index in [0.717, 1.165) is 5.56 Å². The van der Waals surface area contributed by atoms with Crippen LogP contribution in [0, 0.1) is 6.92 Å². The van der Waals surface area contributed by atoms with Gasteiger partial charge in [-0.15, -0.1) is 0 Å². The molecular formula is C14H12BrClN2O. The molecule has 3 nitrogen and oxygen atoms in total. The highest BCUT2D eigenvalue weighted by molar-refractivity contribution is 9.10. The molecule has 0 aliphatic rings. The number of halogens is 2. The lowest BCUT2D eigenvalue weighted by molar-refractivity contribution is 0.102. The molecule has 2 aromatic carbocycles. The number of hydrogen-bond donors (Lipinski definition) is 2. The maximum atomic E-state index is 12.2. The second-order valence-electron chi connectivity index (χ2n) is 4.15. The van der Waals surface area contributed by atoms with Crippen molar-refractivity contribution >= 4 is 44.8 Å². The summed E-state index contributed by atoms with van der Waals surface area (Å²) in [5.74, 6) is -0.224. The molecule has 98 valence electrons. The van der Waals surface area contributed by atoms with Gasteiger partial charge in [-0.25, -0.2) is 0 Å². The van der Waals surface area contributed by atoms with Crippen LogP contribution in [0.25, 0.3) is 0 Å². The summed E-state index contributed by atoms with van der Waals surface area (Å²) >= 11 is 9.22. The molecule has 0 radical (unpaired) electrons. The normalized spacial score (nSPS) is 10.3. The van der Waals surface area contributed by atoms with Crippen molar-refractivity contribution in [3.63, 3.8) is 0 Å². The van der Waals surface area contributed by atoms with Crippen molar-refractivity contribution in [2.24, 2.45) is 0 Å². The van der Waals surface area contributed by atoms with Gasteiger partial charge < -0.3 is 11.1 Å². The highest BCUT2D eigenvalue weighted by Crippen LogP contribution is 2.23. The number of carbonyl (C=O) groups is 1. The van der Waals surface area contributed by atoms with Crippen LogP contribution in [-0.4, -0.2) is 5.91 Å². The van der Waals surface area contributed by atoms with E-state index in [-0.39, 0.29) is 5.91 Å². The van der Waals surface area contributed by atoms with Crippen molar-refractivity contribution in [3.05, 3.63) is 57.0 Å². The molecule has 2 aromatic rings. The topological polar surface area (TPSA) is 55.1 Å². The summed E-state index contributed by atoms with van der Waals surface area (Å²) in [5.41, 5.74) is 8.54. The molecular weight excluding hydrogens is 328 g/mol. The fourth-order valence-electron chi connectivity index (χ4n) is 1.62. The van der Waals surface area contributed by atoms with Gasteiger partial charge >= 0.3 is 0 Å². The van der Waals surface area contributed by atoms with Gasteiger partial charge in [0.15, 0.2) is 0 Å². The Kier molecular flexibility index (Phi) is 4.12. The number of rotatable bonds is 2. The summed E-state index contributed by atoms with van der Waals surface area (Å²) in [4.78, 5) is 12.2. The van der Waals surface area contributed by atoms with Gasteiger partial charge in [-0.05, 0) is 64.8 Å². The highest BCUT2D eigenvalue weighted by Gasteiger charge is 2.11. The van der Waals surface area contributed by atoms with Crippen LogP contribution in [0.2, 0.25) is 5.02 Å². The number of nitrogens with one attached hydrogen (secondary N) is 1. The zero-order chi connectivity index (χ0) is 14.0. The van der Waals surface area contributed by atoms with Gasteiger partial charge in [0.2, 0.25) is 0 Å². The summed E-state index contributed by atoms with van der Waals surface area (Å²) in [5, 5.41) is 3.33. The molecule has 19 heavy (non-hydrogen) atoms. The molecule has 0 aliphatic carbocycles. The molecule has 0 bridgehead atoms. The Morgan fingerprint density at radius 2 is 2.00 bits per heavy atom. The van der Waals surface area contributed by atoms with E-state index in [1.54, 1.807) is 30.3 Å². The Bertz CT molecular complexity index is 643. The minimum atomic E-state index is -0.224. The van der Waals surface area contributed by atoms with Gasteiger partial charge in [-0.3, -0.25) is 4.79 Å². The molecule has 0 unspecified atom stereocenters. The molecule has 5 heteroatoms. The van der Waals surface area contributed by atoms with Gasteiger partial charge in [0.05, 0.1) is 5.56 Å². The third-order valence-corrected chi connectivity index (χ3v) is 3.63. The first-order valence-corrected chi connectivity index (χ1v) is 6.77. The third-order valence-electron chi connectivity index (χ3n) is 2.70. The van der Waals surface area contributed by atoms with E-state index >= 15 is 0 Å². The van der Waals surface area contributed by atoms with E-state index in [1.165, 1.54) is 0 Å². The maximum absolute atomic E-state index is 12.2. The van der Waals surface area contributed by atoms with Gasteiger partial charge in [0, 0.05) is 20.9 Å². The first-order chi connectivity index (χ1) is 8.97. The number of carbonyl (C=O) groups excluding carboxylic acids is 1. The number of aryl methyl sites for hydroxylation is 1. The molecule has 1 amide bonds. The first kappa shape index (κ1) is 13.9. The average molecular weight is 340 g/mol. The number of amides is 1. The van der Waals surface area contributed by atoms with Crippen molar-refractivity contribution in [1.82, 2.24) is 0 Å². The lowest BCUT2D eigenvalue weighted by Crippen LogP contribution is -2.12. The Hall–Kier alpha value is -1.52. The van der Waals surface area contributed by atoms with Crippen molar-refractivity contribution in [2.45, 2.75) is 6.92 Å². The molecule has 0 heterocycles.